The highest BCUT2D eigenvalue weighted by Gasteiger charge is 2.08. The zero-order valence-electron chi connectivity index (χ0n) is 18.3. The summed E-state index contributed by atoms with van der Waals surface area (Å²) in [5, 5.41) is 0. The molecule has 3 atom stereocenters. The van der Waals surface area contributed by atoms with Crippen LogP contribution < -0.4 is 0 Å². The maximum atomic E-state index is 5.50. The van der Waals surface area contributed by atoms with Gasteiger partial charge >= 0.3 is 0 Å². The van der Waals surface area contributed by atoms with E-state index in [1.165, 1.54) is 76.2 Å². The fourth-order valence-electron chi connectivity index (χ4n) is 3.60. The minimum absolute atomic E-state index is 0.843. The van der Waals surface area contributed by atoms with Crippen molar-refractivity contribution in [2.24, 2.45) is 23.7 Å². The SMILES string of the molecule is [CH]=C/C(C)=C/CCC(C)CCCC(C)CCCC(C)CCCC(C)C. The highest BCUT2D eigenvalue weighted by Crippen LogP contribution is 2.23. The monoisotopic (exact) mass is 347 g/mol. The van der Waals surface area contributed by atoms with E-state index in [4.69, 9.17) is 6.58 Å². The lowest BCUT2D eigenvalue weighted by Gasteiger charge is -2.16. The molecule has 0 N–H and O–H groups in total. The second-order valence-electron chi connectivity index (χ2n) is 9.19. The van der Waals surface area contributed by atoms with Crippen LogP contribution in [0.2, 0.25) is 0 Å². The normalized spacial score (nSPS) is 16.0. The zero-order chi connectivity index (χ0) is 19.1. The Labute approximate surface area is 160 Å². The summed E-state index contributed by atoms with van der Waals surface area (Å²) >= 11 is 0. The lowest BCUT2D eigenvalue weighted by Crippen LogP contribution is -2.01. The summed E-state index contributed by atoms with van der Waals surface area (Å²) < 4.78 is 0. The third-order valence-corrected chi connectivity index (χ3v) is 5.65. The van der Waals surface area contributed by atoms with Gasteiger partial charge < -0.3 is 0 Å². The average molecular weight is 348 g/mol. The van der Waals surface area contributed by atoms with Crippen LogP contribution in [0.4, 0.5) is 0 Å². The summed E-state index contributed by atoms with van der Waals surface area (Å²) in [7, 11) is 0. The highest BCUT2D eigenvalue weighted by molar-refractivity contribution is 5.11. The van der Waals surface area contributed by atoms with Crippen molar-refractivity contribution >= 4 is 0 Å². The standard InChI is InChI=1S/C25H47/c1-8-22(4)14-10-16-24(6)18-12-20-25(7)19-11-17-23(5)15-9-13-21(2)3/h1,8,14,21,23-25H,9-13,15-20H2,2-7H3/b8-1?,22-14+. The lowest BCUT2D eigenvalue weighted by molar-refractivity contribution is 0.375. The van der Waals surface area contributed by atoms with Crippen molar-refractivity contribution in [3.05, 3.63) is 24.3 Å². The van der Waals surface area contributed by atoms with Gasteiger partial charge in [0.15, 0.2) is 0 Å². The van der Waals surface area contributed by atoms with Gasteiger partial charge in [0, 0.05) is 0 Å². The Morgan fingerprint density at radius 3 is 1.48 bits per heavy atom. The first-order valence-electron chi connectivity index (χ1n) is 11.1. The van der Waals surface area contributed by atoms with Crippen LogP contribution >= 0.6 is 0 Å². The smallest absolute Gasteiger partial charge is 0.0342 e. The molecule has 0 aromatic heterocycles. The van der Waals surface area contributed by atoms with Crippen molar-refractivity contribution in [1.29, 1.82) is 0 Å². The van der Waals surface area contributed by atoms with Crippen LogP contribution in [0.1, 0.15) is 112 Å². The number of hydrogen-bond acceptors (Lipinski definition) is 0. The molecule has 0 saturated heterocycles. The van der Waals surface area contributed by atoms with Crippen molar-refractivity contribution in [2.75, 3.05) is 0 Å². The van der Waals surface area contributed by atoms with E-state index in [1.807, 2.05) is 0 Å². The van der Waals surface area contributed by atoms with Crippen molar-refractivity contribution in [1.82, 2.24) is 0 Å². The predicted octanol–water partition coefficient (Wildman–Crippen LogP) is 8.78. The van der Waals surface area contributed by atoms with Crippen molar-refractivity contribution < 1.29 is 0 Å². The summed E-state index contributed by atoms with van der Waals surface area (Å²) in [5.41, 5.74) is 1.21. The average Bonchev–Trinajstić information content (AvgIpc) is 2.54. The van der Waals surface area contributed by atoms with Gasteiger partial charge in [0.2, 0.25) is 0 Å². The number of rotatable bonds is 16. The molecule has 147 valence electrons. The van der Waals surface area contributed by atoms with E-state index >= 15 is 0 Å². The van der Waals surface area contributed by atoms with E-state index in [0.29, 0.717) is 0 Å². The van der Waals surface area contributed by atoms with Crippen LogP contribution in [0.15, 0.2) is 17.7 Å². The molecule has 0 fully saturated rings. The molecular formula is C25H47. The molecule has 0 saturated carbocycles. The van der Waals surface area contributed by atoms with Gasteiger partial charge in [0.05, 0.1) is 0 Å². The van der Waals surface area contributed by atoms with E-state index in [2.05, 4.69) is 47.6 Å². The Hall–Kier alpha value is -0.520. The van der Waals surface area contributed by atoms with E-state index in [-0.39, 0.29) is 0 Å². The summed E-state index contributed by atoms with van der Waals surface area (Å²) in [6.45, 7) is 19.6. The second-order valence-corrected chi connectivity index (χ2v) is 9.19. The third-order valence-electron chi connectivity index (χ3n) is 5.65. The molecule has 0 amide bonds. The zero-order valence-corrected chi connectivity index (χ0v) is 18.3. The Morgan fingerprint density at radius 1 is 0.680 bits per heavy atom. The molecule has 0 nitrogen and oxygen atoms in total. The summed E-state index contributed by atoms with van der Waals surface area (Å²) in [6.07, 6.45) is 19.2. The lowest BCUT2D eigenvalue weighted by atomic mass is 9.90. The van der Waals surface area contributed by atoms with E-state index in [1.54, 1.807) is 6.08 Å². The van der Waals surface area contributed by atoms with Crippen LogP contribution in [0.25, 0.3) is 0 Å². The Kier molecular flexibility index (Phi) is 15.4. The summed E-state index contributed by atoms with van der Waals surface area (Å²) in [6, 6.07) is 0. The highest BCUT2D eigenvalue weighted by atomic mass is 14.1. The Morgan fingerprint density at radius 2 is 1.08 bits per heavy atom. The van der Waals surface area contributed by atoms with Crippen molar-refractivity contribution in [3.63, 3.8) is 0 Å². The molecule has 0 aliphatic rings. The van der Waals surface area contributed by atoms with Crippen molar-refractivity contribution in [3.8, 4) is 0 Å². The molecular weight excluding hydrogens is 300 g/mol. The van der Waals surface area contributed by atoms with Crippen LogP contribution in [-0.2, 0) is 0 Å². The van der Waals surface area contributed by atoms with Gasteiger partial charge in [0.25, 0.3) is 0 Å². The minimum atomic E-state index is 0.843. The molecule has 0 aromatic carbocycles. The molecule has 0 spiro atoms. The van der Waals surface area contributed by atoms with Gasteiger partial charge in [-0.1, -0.05) is 117 Å². The fourth-order valence-corrected chi connectivity index (χ4v) is 3.60. The first kappa shape index (κ1) is 24.5. The summed E-state index contributed by atoms with van der Waals surface area (Å²) in [4.78, 5) is 0. The first-order chi connectivity index (χ1) is 11.8. The van der Waals surface area contributed by atoms with Crippen LogP contribution in [0.5, 0.6) is 0 Å². The largest absolute Gasteiger partial charge is 0.0816 e. The molecule has 3 unspecified atom stereocenters. The van der Waals surface area contributed by atoms with Gasteiger partial charge in [-0.25, -0.2) is 0 Å². The van der Waals surface area contributed by atoms with E-state index in [9.17, 15) is 0 Å². The third kappa shape index (κ3) is 16.7. The van der Waals surface area contributed by atoms with Crippen molar-refractivity contribution in [2.45, 2.75) is 112 Å². The topological polar surface area (TPSA) is 0 Å². The summed E-state index contributed by atoms with van der Waals surface area (Å²) in [5.74, 6) is 3.54. The van der Waals surface area contributed by atoms with E-state index < -0.39 is 0 Å². The second kappa shape index (κ2) is 15.7. The molecule has 0 aliphatic carbocycles. The van der Waals surface area contributed by atoms with Gasteiger partial charge in [-0.3, -0.25) is 0 Å². The minimum Gasteiger partial charge on any atom is -0.0816 e. The van der Waals surface area contributed by atoms with Gasteiger partial charge in [0.1, 0.15) is 0 Å². The number of allylic oxidation sites excluding steroid dienone is 3. The molecule has 0 heteroatoms. The molecule has 25 heavy (non-hydrogen) atoms. The van der Waals surface area contributed by atoms with Gasteiger partial charge in [-0.2, -0.15) is 0 Å². The quantitative estimate of drug-likeness (QED) is 0.245. The first-order valence-corrected chi connectivity index (χ1v) is 11.1. The maximum Gasteiger partial charge on any atom is -0.0342 e. The molecule has 0 bridgehead atoms. The van der Waals surface area contributed by atoms with E-state index in [0.717, 1.165) is 23.7 Å². The van der Waals surface area contributed by atoms with Crippen LogP contribution in [0.3, 0.4) is 0 Å². The van der Waals surface area contributed by atoms with Crippen LogP contribution in [-0.4, -0.2) is 0 Å². The molecule has 0 rings (SSSR count). The van der Waals surface area contributed by atoms with Crippen LogP contribution in [0, 0.1) is 30.3 Å². The Balaban J connectivity index is 3.60. The molecule has 1 radical (unpaired) electrons. The predicted molar refractivity (Wildman–Crippen MR) is 116 cm³/mol. The van der Waals surface area contributed by atoms with Gasteiger partial charge in [-0.15, -0.1) is 0 Å². The molecule has 0 heterocycles. The molecule has 0 aromatic rings. The molecule has 0 aliphatic heterocycles. The number of hydrogen-bond donors (Lipinski definition) is 0. The maximum absolute atomic E-state index is 5.50. The fraction of sp³-hybridized carbons (Fsp3) is 0.840. The Bertz CT molecular complexity index is 336. The van der Waals surface area contributed by atoms with Gasteiger partial charge in [-0.05, 0) is 43.4 Å².